The molecule has 25 heavy (non-hydrogen) atoms. The van der Waals surface area contributed by atoms with E-state index in [-0.39, 0.29) is 5.56 Å². The molecule has 0 aliphatic rings. The number of methoxy groups -OCH3 is 4. The van der Waals surface area contributed by atoms with E-state index < -0.39 is 0 Å². The fraction of sp³-hybridized carbons (Fsp3) is 0.211. The van der Waals surface area contributed by atoms with Gasteiger partial charge in [0.2, 0.25) is 0 Å². The lowest BCUT2D eigenvalue weighted by Crippen LogP contribution is -2.09. The van der Waals surface area contributed by atoms with Crippen LogP contribution >= 0.6 is 0 Å². The number of benzene rings is 2. The first-order chi connectivity index (χ1) is 12.1. The van der Waals surface area contributed by atoms with E-state index in [1.54, 1.807) is 26.4 Å². The number of pyridine rings is 1. The second kappa shape index (κ2) is 6.76. The van der Waals surface area contributed by atoms with Crippen LogP contribution in [-0.2, 0) is 0 Å². The van der Waals surface area contributed by atoms with E-state index in [4.69, 9.17) is 18.9 Å². The molecule has 3 aromatic rings. The van der Waals surface area contributed by atoms with Crippen LogP contribution in [0.2, 0.25) is 0 Å². The summed E-state index contributed by atoms with van der Waals surface area (Å²) in [6, 6.07) is 11.0. The number of fused-ring (bicyclic) bond motifs is 1. The van der Waals surface area contributed by atoms with Crippen molar-refractivity contribution in [3.05, 3.63) is 46.8 Å². The molecule has 0 aliphatic heterocycles. The van der Waals surface area contributed by atoms with E-state index in [2.05, 4.69) is 4.98 Å². The molecule has 130 valence electrons. The van der Waals surface area contributed by atoms with Crippen molar-refractivity contribution in [2.75, 3.05) is 28.4 Å². The van der Waals surface area contributed by atoms with Crippen molar-refractivity contribution in [2.45, 2.75) is 0 Å². The van der Waals surface area contributed by atoms with Crippen LogP contribution in [0, 0.1) is 0 Å². The summed E-state index contributed by atoms with van der Waals surface area (Å²) in [4.78, 5) is 15.5. The van der Waals surface area contributed by atoms with E-state index in [0.29, 0.717) is 34.1 Å². The summed E-state index contributed by atoms with van der Waals surface area (Å²) in [6.07, 6.45) is 0. The van der Waals surface area contributed by atoms with Crippen molar-refractivity contribution in [1.82, 2.24) is 4.98 Å². The average Bonchev–Trinajstić information content (AvgIpc) is 2.66. The molecule has 1 heterocycles. The van der Waals surface area contributed by atoms with Gasteiger partial charge in [-0.05, 0) is 35.7 Å². The third kappa shape index (κ3) is 2.87. The Balaban J connectivity index is 2.21. The quantitative estimate of drug-likeness (QED) is 0.771. The molecule has 0 amide bonds. The van der Waals surface area contributed by atoms with Gasteiger partial charge in [-0.3, -0.25) is 4.79 Å². The van der Waals surface area contributed by atoms with Crippen LogP contribution < -0.4 is 24.5 Å². The van der Waals surface area contributed by atoms with Crippen LogP contribution in [0.4, 0.5) is 0 Å². The Morgan fingerprint density at radius 1 is 0.760 bits per heavy atom. The number of H-pyrrole nitrogens is 1. The zero-order valence-electron chi connectivity index (χ0n) is 14.5. The lowest BCUT2D eigenvalue weighted by molar-refractivity contribution is 0.355. The highest BCUT2D eigenvalue weighted by Crippen LogP contribution is 2.35. The van der Waals surface area contributed by atoms with Gasteiger partial charge >= 0.3 is 0 Å². The number of aromatic nitrogens is 1. The maximum absolute atomic E-state index is 12.7. The topological polar surface area (TPSA) is 69.8 Å². The lowest BCUT2D eigenvalue weighted by atomic mass is 10.1. The molecule has 0 unspecified atom stereocenters. The molecule has 1 aromatic heterocycles. The summed E-state index contributed by atoms with van der Waals surface area (Å²) in [5.74, 6) is 2.15. The van der Waals surface area contributed by atoms with Gasteiger partial charge in [-0.2, -0.15) is 0 Å². The number of nitrogens with one attached hydrogen (secondary N) is 1. The summed E-state index contributed by atoms with van der Waals surface area (Å²) in [5, 5.41) is 1.21. The fourth-order valence-corrected chi connectivity index (χ4v) is 2.83. The standard InChI is InChI=1S/C19H19NO5/c1-22-14-7-5-11(10-16(14)24-3)13-9-12-6-8-15(23-2)18(25-4)17(12)19(21)20-13/h5-10H,1-4H3,(H,20,21). The molecule has 3 rings (SSSR count). The summed E-state index contributed by atoms with van der Waals surface area (Å²) in [6.45, 7) is 0. The van der Waals surface area contributed by atoms with E-state index in [1.165, 1.54) is 14.2 Å². The number of ether oxygens (including phenoxy) is 4. The van der Waals surface area contributed by atoms with Crippen LogP contribution in [0.1, 0.15) is 0 Å². The molecule has 0 fully saturated rings. The van der Waals surface area contributed by atoms with Crippen molar-refractivity contribution >= 4 is 10.8 Å². The second-order valence-corrected chi connectivity index (χ2v) is 5.35. The monoisotopic (exact) mass is 341 g/mol. The van der Waals surface area contributed by atoms with E-state index in [1.807, 2.05) is 24.3 Å². The first-order valence-electron chi connectivity index (χ1n) is 7.63. The van der Waals surface area contributed by atoms with Crippen LogP contribution in [0.25, 0.3) is 22.0 Å². The predicted octanol–water partition coefficient (Wildman–Crippen LogP) is 3.23. The molecule has 0 radical (unpaired) electrons. The molecule has 0 atom stereocenters. The van der Waals surface area contributed by atoms with Gasteiger partial charge in [0, 0.05) is 11.3 Å². The average molecular weight is 341 g/mol. The Bertz CT molecular complexity index is 977. The molecule has 0 bridgehead atoms. The Hall–Kier alpha value is -3.15. The molecule has 0 spiro atoms. The molecule has 6 nitrogen and oxygen atoms in total. The van der Waals surface area contributed by atoms with Crippen LogP contribution in [-0.4, -0.2) is 33.4 Å². The highest BCUT2D eigenvalue weighted by molar-refractivity contribution is 5.92. The second-order valence-electron chi connectivity index (χ2n) is 5.35. The normalized spacial score (nSPS) is 10.6. The highest BCUT2D eigenvalue weighted by Gasteiger charge is 2.14. The highest BCUT2D eigenvalue weighted by atomic mass is 16.5. The van der Waals surface area contributed by atoms with Gasteiger partial charge in [0.25, 0.3) is 5.56 Å². The molecule has 1 N–H and O–H groups in total. The van der Waals surface area contributed by atoms with Gasteiger partial charge in [-0.15, -0.1) is 0 Å². The van der Waals surface area contributed by atoms with E-state index in [9.17, 15) is 4.79 Å². The maximum Gasteiger partial charge on any atom is 0.260 e. The van der Waals surface area contributed by atoms with Gasteiger partial charge in [0.05, 0.1) is 33.8 Å². The first kappa shape index (κ1) is 16.7. The number of aromatic amines is 1. The SMILES string of the molecule is COc1ccc(-c2cc3ccc(OC)c(OC)c3c(=O)[nH]2)cc1OC. The van der Waals surface area contributed by atoms with E-state index in [0.717, 1.165) is 10.9 Å². The first-order valence-corrected chi connectivity index (χ1v) is 7.63. The van der Waals surface area contributed by atoms with E-state index >= 15 is 0 Å². The minimum atomic E-state index is -0.252. The van der Waals surface area contributed by atoms with Gasteiger partial charge in [-0.25, -0.2) is 0 Å². The molecule has 2 aromatic carbocycles. The lowest BCUT2D eigenvalue weighted by Gasteiger charge is -2.12. The summed E-state index contributed by atoms with van der Waals surface area (Å²) < 4.78 is 21.2. The van der Waals surface area contributed by atoms with Crippen LogP contribution in [0.15, 0.2) is 41.2 Å². The fourth-order valence-electron chi connectivity index (χ4n) is 2.83. The van der Waals surface area contributed by atoms with Gasteiger partial charge in [0.1, 0.15) is 0 Å². The van der Waals surface area contributed by atoms with Crippen molar-refractivity contribution in [1.29, 1.82) is 0 Å². The third-order valence-electron chi connectivity index (χ3n) is 4.05. The van der Waals surface area contributed by atoms with Crippen LogP contribution in [0.3, 0.4) is 0 Å². The zero-order chi connectivity index (χ0) is 18.0. The van der Waals surface area contributed by atoms with Gasteiger partial charge < -0.3 is 23.9 Å². The smallest absolute Gasteiger partial charge is 0.260 e. The maximum atomic E-state index is 12.7. The molecule has 0 aliphatic carbocycles. The van der Waals surface area contributed by atoms with Crippen molar-refractivity contribution in [2.24, 2.45) is 0 Å². The van der Waals surface area contributed by atoms with Gasteiger partial charge in [0.15, 0.2) is 23.0 Å². The summed E-state index contributed by atoms with van der Waals surface area (Å²) in [5.41, 5.74) is 1.23. The molecular weight excluding hydrogens is 322 g/mol. The van der Waals surface area contributed by atoms with Crippen molar-refractivity contribution in [3.8, 4) is 34.3 Å². The number of hydrogen-bond donors (Lipinski definition) is 1. The zero-order valence-corrected chi connectivity index (χ0v) is 14.5. The predicted molar refractivity (Wildman–Crippen MR) is 96.2 cm³/mol. The minimum Gasteiger partial charge on any atom is -0.493 e. The summed E-state index contributed by atoms with van der Waals surface area (Å²) in [7, 11) is 6.20. The summed E-state index contributed by atoms with van der Waals surface area (Å²) >= 11 is 0. The van der Waals surface area contributed by atoms with Crippen LogP contribution in [0.5, 0.6) is 23.0 Å². The Morgan fingerprint density at radius 2 is 1.44 bits per heavy atom. The molecule has 0 saturated heterocycles. The number of rotatable bonds is 5. The molecular formula is C19H19NO5. The Kier molecular flexibility index (Phi) is 4.52. The van der Waals surface area contributed by atoms with Crippen molar-refractivity contribution < 1.29 is 18.9 Å². The molecule has 0 saturated carbocycles. The minimum absolute atomic E-state index is 0.252. The number of hydrogen-bond acceptors (Lipinski definition) is 5. The Morgan fingerprint density at radius 3 is 2.08 bits per heavy atom. The molecule has 6 heteroatoms. The third-order valence-corrected chi connectivity index (χ3v) is 4.05. The largest absolute Gasteiger partial charge is 0.493 e. The van der Waals surface area contributed by atoms with Crippen molar-refractivity contribution in [3.63, 3.8) is 0 Å². The van der Waals surface area contributed by atoms with Gasteiger partial charge in [-0.1, -0.05) is 6.07 Å². The Labute approximate surface area is 144 Å².